The van der Waals surface area contributed by atoms with Crippen molar-refractivity contribution in [2.24, 2.45) is 0 Å². The maximum Gasteiger partial charge on any atom is 0.256 e. The molecule has 0 unspecified atom stereocenters. The standard InChI is InChI=1S/C14H12N2O3S/c1-18-11-5-10(6-12(7-11)19-2)13(17)16-14-9(8-15)3-4-20-14/h3-7H,1-2H3,(H,16,17). The largest absolute Gasteiger partial charge is 0.497 e. The topological polar surface area (TPSA) is 71.3 Å². The maximum atomic E-state index is 12.2. The van der Waals surface area contributed by atoms with E-state index in [9.17, 15) is 4.79 Å². The summed E-state index contributed by atoms with van der Waals surface area (Å²) in [6, 6.07) is 8.58. The molecular formula is C14H12N2O3S. The van der Waals surface area contributed by atoms with Gasteiger partial charge >= 0.3 is 0 Å². The summed E-state index contributed by atoms with van der Waals surface area (Å²) in [5.41, 5.74) is 0.844. The van der Waals surface area contributed by atoms with Gasteiger partial charge in [-0.3, -0.25) is 4.79 Å². The molecule has 0 aliphatic heterocycles. The van der Waals surface area contributed by atoms with Gasteiger partial charge in [0.1, 0.15) is 22.6 Å². The molecule has 0 aliphatic carbocycles. The van der Waals surface area contributed by atoms with Crippen molar-refractivity contribution < 1.29 is 14.3 Å². The molecule has 1 aromatic heterocycles. The van der Waals surface area contributed by atoms with Crippen LogP contribution in [0.1, 0.15) is 15.9 Å². The second kappa shape index (κ2) is 6.08. The number of anilines is 1. The summed E-state index contributed by atoms with van der Waals surface area (Å²) in [7, 11) is 3.03. The molecule has 0 saturated heterocycles. The van der Waals surface area contributed by atoms with Gasteiger partial charge in [0, 0.05) is 11.6 Å². The molecule has 1 heterocycles. The molecule has 2 aromatic rings. The lowest BCUT2D eigenvalue weighted by Gasteiger charge is -2.08. The van der Waals surface area contributed by atoms with Crippen LogP contribution in [0.25, 0.3) is 0 Å². The Morgan fingerprint density at radius 1 is 1.25 bits per heavy atom. The van der Waals surface area contributed by atoms with Gasteiger partial charge in [0.2, 0.25) is 0 Å². The summed E-state index contributed by atoms with van der Waals surface area (Å²) in [6.07, 6.45) is 0. The summed E-state index contributed by atoms with van der Waals surface area (Å²) in [5.74, 6) is 0.739. The van der Waals surface area contributed by atoms with E-state index in [-0.39, 0.29) is 5.91 Å². The number of carbonyl (C=O) groups is 1. The van der Waals surface area contributed by atoms with E-state index in [0.29, 0.717) is 27.6 Å². The Morgan fingerprint density at radius 2 is 1.90 bits per heavy atom. The lowest BCUT2D eigenvalue weighted by Crippen LogP contribution is -2.12. The molecule has 1 amide bonds. The smallest absolute Gasteiger partial charge is 0.256 e. The summed E-state index contributed by atoms with van der Waals surface area (Å²) in [4.78, 5) is 12.2. The molecule has 102 valence electrons. The van der Waals surface area contributed by atoms with Crippen LogP contribution in [0.3, 0.4) is 0 Å². The van der Waals surface area contributed by atoms with E-state index >= 15 is 0 Å². The van der Waals surface area contributed by atoms with Gasteiger partial charge in [0.25, 0.3) is 5.91 Å². The van der Waals surface area contributed by atoms with E-state index in [1.165, 1.54) is 25.6 Å². The maximum absolute atomic E-state index is 12.2. The molecule has 1 aromatic carbocycles. The van der Waals surface area contributed by atoms with E-state index < -0.39 is 0 Å². The van der Waals surface area contributed by atoms with Gasteiger partial charge < -0.3 is 14.8 Å². The molecule has 20 heavy (non-hydrogen) atoms. The first kappa shape index (κ1) is 13.9. The molecule has 5 nitrogen and oxygen atoms in total. The van der Waals surface area contributed by atoms with Crippen molar-refractivity contribution in [2.75, 3.05) is 19.5 Å². The summed E-state index contributed by atoms with van der Waals surface area (Å²) < 4.78 is 10.2. The number of amides is 1. The van der Waals surface area contributed by atoms with Crippen LogP contribution in [0.5, 0.6) is 11.5 Å². The third-order valence-electron chi connectivity index (χ3n) is 2.63. The Morgan fingerprint density at radius 3 is 2.45 bits per heavy atom. The van der Waals surface area contributed by atoms with Crippen LogP contribution in [0.2, 0.25) is 0 Å². The molecule has 0 bridgehead atoms. The van der Waals surface area contributed by atoms with E-state index in [2.05, 4.69) is 5.32 Å². The van der Waals surface area contributed by atoms with Crippen molar-refractivity contribution in [3.63, 3.8) is 0 Å². The normalized spacial score (nSPS) is 9.65. The molecular weight excluding hydrogens is 276 g/mol. The fourth-order valence-corrected chi connectivity index (χ4v) is 2.34. The van der Waals surface area contributed by atoms with Crippen LogP contribution in [-0.4, -0.2) is 20.1 Å². The van der Waals surface area contributed by atoms with E-state index in [4.69, 9.17) is 14.7 Å². The quantitative estimate of drug-likeness (QED) is 0.939. The van der Waals surface area contributed by atoms with E-state index in [1.807, 2.05) is 6.07 Å². The number of thiophene rings is 1. The van der Waals surface area contributed by atoms with Crippen LogP contribution in [-0.2, 0) is 0 Å². The predicted molar refractivity (Wildman–Crippen MR) is 76.5 cm³/mol. The summed E-state index contributed by atoms with van der Waals surface area (Å²) in [5, 5.41) is 13.9. The highest BCUT2D eigenvalue weighted by molar-refractivity contribution is 7.14. The average molecular weight is 288 g/mol. The van der Waals surface area contributed by atoms with Crippen molar-refractivity contribution in [3.05, 3.63) is 40.8 Å². The number of ether oxygens (including phenoxy) is 2. The SMILES string of the molecule is COc1cc(OC)cc(C(=O)Nc2sccc2C#N)c1. The minimum absolute atomic E-state index is 0.318. The van der Waals surface area contributed by atoms with Crippen molar-refractivity contribution in [1.82, 2.24) is 0 Å². The van der Waals surface area contributed by atoms with Crippen LogP contribution < -0.4 is 14.8 Å². The highest BCUT2D eigenvalue weighted by Gasteiger charge is 2.12. The van der Waals surface area contributed by atoms with Crippen molar-refractivity contribution in [2.45, 2.75) is 0 Å². The fourth-order valence-electron chi connectivity index (χ4n) is 1.61. The van der Waals surface area contributed by atoms with Crippen molar-refractivity contribution in [3.8, 4) is 17.6 Å². The first-order valence-electron chi connectivity index (χ1n) is 5.70. The Kier molecular flexibility index (Phi) is 4.23. The van der Waals surface area contributed by atoms with Gasteiger partial charge in [-0.05, 0) is 23.6 Å². The number of carbonyl (C=O) groups excluding carboxylic acids is 1. The molecule has 0 saturated carbocycles. The van der Waals surface area contributed by atoms with Gasteiger partial charge in [-0.1, -0.05) is 0 Å². The molecule has 0 atom stereocenters. The van der Waals surface area contributed by atoms with Gasteiger partial charge in [0.15, 0.2) is 0 Å². The number of methoxy groups -OCH3 is 2. The lowest BCUT2D eigenvalue weighted by molar-refractivity contribution is 0.102. The highest BCUT2D eigenvalue weighted by atomic mass is 32.1. The van der Waals surface area contributed by atoms with Crippen molar-refractivity contribution >= 4 is 22.2 Å². The highest BCUT2D eigenvalue weighted by Crippen LogP contribution is 2.26. The first-order chi connectivity index (χ1) is 9.67. The zero-order valence-electron chi connectivity index (χ0n) is 11.0. The van der Waals surface area contributed by atoms with Crippen LogP contribution >= 0.6 is 11.3 Å². The molecule has 0 spiro atoms. The second-order valence-electron chi connectivity index (χ2n) is 3.83. The Bertz CT molecular complexity index is 651. The van der Waals surface area contributed by atoms with Gasteiger partial charge in [0.05, 0.1) is 19.8 Å². The Hall–Kier alpha value is -2.52. The number of nitrogens with zero attached hydrogens (tertiary/aromatic N) is 1. The van der Waals surface area contributed by atoms with Crippen LogP contribution in [0.15, 0.2) is 29.6 Å². The second-order valence-corrected chi connectivity index (χ2v) is 4.75. The zero-order chi connectivity index (χ0) is 14.5. The number of hydrogen-bond donors (Lipinski definition) is 1. The monoisotopic (exact) mass is 288 g/mol. The van der Waals surface area contributed by atoms with E-state index in [0.717, 1.165) is 0 Å². The van der Waals surface area contributed by atoms with Crippen LogP contribution in [0, 0.1) is 11.3 Å². The Labute approximate surface area is 120 Å². The van der Waals surface area contributed by atoms with Crippen LogP contribution in [0.4, 0.5) is 5.00 Å². The summed E-state index contributed by atoms with van der Waals surface area (Å²) in [6.45, 7) is 0. The zero-order valence-corrected chi connectivity index (χ0v) is 11.8. The van der Waals surface area contributed by atoms with Gasteiger partial charge in [-0.25, -0.2) is 0 Å². The number of nitrogens with one attached hydrogen (secondary N) is 1. The minimum Gasteiger partial charge on any atom is -0.497 e. The first-order valence-corrected chi connectivity index (χ1v) is 6.58. The van der Waals surface area contributed by atoms with Crippen molar-refractivity contribution in [1.29, 1.82) is 5.26 Å². The molecule has 2 rings (SSSR count). The number of rotatable bonds is 4. The minimum atomic E-state index is -0.318. The molecule has 0 radical (unpaired) electrons. The molecule has 6 heteroatoms. The molecule has 0 fully saturated rings. The molecule has 0 aliphatic rings. The van der Waals surface area contributed by atoms with E-state index in [1.54, 1.807) is 29.6 Å². The number of nitriles is 1. The van der Waals surface area contributed by atoms with Gasteiger partial charge in [-0.15, -0.1) is 11.3 Å². The number of benzene rings is 1. The third kappa shape index (κ3) is 2.90. The third-order valence-corrected chi connectivity index (χ3v) is 3.46. The average Bonchev–Trinajstić information content (AvgIpc) is 2.93. The van der Waals surface area contributed by atoms with Gasteiger partial charge in [-0.2, -0.15) is 5.26 Å². The lowest BCUT2D eigenvalue weighted by atomic mass is 10.2. The predicted octanol–water partition coefficient (Wildman–Crippen LogP) is 2.89. The molecule has 1 N–H and O–H groups in total. The summed E-state index contributed by atoms with van der Waals surface area (Å²) >= 11 is 1.30. The fraction of sp³-hybridized carbons (Fsp3) is 0.143. The number of hydrogen-bond acceptors (Lipinski definition) is 5. The Balaban J connectivity index is 2.27.